The summed E-state index contributed by atoms with van der Waals surface area (Å²) >= 11 is 0. The molecule has 0 aliphatic heterocycles. The SMILES string of the molecule is CCN(CC)CC(C)NCC(O)COCCOC(C)C. The Morgan fingerprint density at radius 3 is 2.30 bits per heavy atom. The second-order valence-electron chi connectivity index (χ2n) is 5.44. The zero-order valence-corrected chi connectivity index (χ0v) is 13.9. The normalized spacial score (nSPS) is 15.0. The standard InChI is InChI=1S/C15H34N2O3/c1-6-17(7-2)11-14(5)16-10-15(18)12-19-8-9-20-13(3)4/h13-16,18H,6-12H2,1-5H3. The highest BCUT2D eigenvalue weighted by atomic mass is 16.5. The van der Waals surface area contributed by atoms with Gasteiger partial charge in [0.1, 0.15) is 0 Å². The lowest BCUT2D eigenvalue weighted by atomic mass is 10.2. The second kappa shape index (κ2) is 12.5. The summed E-state index contributed by atoms with van der Waals surface area (Å²) in [7, 11) is 0. The van der Waals surface area contributed by atoms with Crippen LogP contribution in [0, 0.1) is 0 Å². The molecular weight excluding hydrogens is 256 g/mol. The van der Waals surface area contributed by atoms with E-state index in [1.54, 1.807) is 0 Å². The first-order valence-corrected chi connectivity index (χ1v) is 7.82. The highest BCUT2D eigenvalue weighted by Crippen LogP contribution is 1.93. The molecule has 0 aromatic heterocycles. The van der Waals surface area contributed by atoms with Gasteiger partial charge >= 0.3 is 0 Å². The summed E-state index contributed by atoms with van der Waals surface area (Å²) < 4.78 is 10.7. The number of nitrogens with zero attached hydrogens (tertiary/aromatic N) is 1. The Morgan fingerprint density at radius 2 is 1.75 bits per heavy atom. The Labute approximate surface area is 124 Å². The fourth-order valence-corrected chi connectivity index (χ4v) is 1.89. The third-order valence-electron chi connectivity index (χ3n) is 3.12. The third kappa shape index (κ3) is 11.6. The van der Waals surface area contributed by atoms with Crippen LogP contribution >= 0.6 is 0 Å². The van der Waals surface area contributed by atoms with Gasteiger partial charge in [-0.25, -0.2) is 0 Å². The number of aliphatic hydroxyl groups excluding tert-OH is 1. The van der Waals surface area contributed by atoms with Crippen molar-refractivity contribution in [3.8, 4) is 0 Å². The summed E-state index contributed by atoms with van der Waals surface area (Å²) in [5.74, 6) is 0. The molecule has 0 saturated heterocycles. The van der Waals surface area contributed by atoms with E-state index in [-0.39, 0.29) is 6.10 Å². The molecule has 0 spiro atoms. The Kier molecular flexibility index (Phi) is 12.4. The zero-order chi connectivity index (χ0) is 15.4. The van der Waals surface area contributed by atoms with Crippen LogP contribution in [0.4, 0.5) is 0 Å². The van der Waals surface area contributed by atoms with E-state index in [1.807, 2.05) is 13.8 Å². The fourth-order valence-electron chi connectivity index (χ4n) is 1.89. The highest BCUT2D eigenvalue weighted by molar-refractivity contribution is 4.68. The molecule has 0 rings (SSSR count). The summed E-state index contributed by atoms with van der Waals surface area (Å²) in [6, 6.07) is 0.369. The van der Waals surface area contributed by atoms with Crippen LogP contribution < -0.4 is 5.32 Å². The Bertz CT molecular complexity index is 211. The van der Waals surface area contributed by atoms with Crippen LogP contribution in [0.25, 0.3) is 0 Å². The molecule has 0 aliphatic carbocycles. The Balaban J connectivity index is 3.54. The maximum absolute atomic E-state index is 9.81. The van der Waals surface area contributed by atoms with Crippen LogP contribution in [0.5, 0.6) is 0 Å². The van der Waals surface area contributed by atoms with E-state index >= 15 is 0 Å². The van der Waals surface area contributed by atoms with Crippen molar-refractivity contribution in [1.82, 2.24) is 10.2 Å². The molecule has 0 heterocycles. The van der Waals surface area contributed by atoms with Gasteiger partial charge in [-0.1, -0.05) is 13.8 Å². The average molecular weight is 290 g/mol. The molecule has 0 aromatic carbocycles. The van der Waals surface area contributed by atoms with Crippen molar-refractivity contribution in [2.75, 3.05) is 46.0 Å². The maximum Gasteiger partial charge on any atom is 0.0897 e. The molecule has 122 valence electrons. The van der Waals surface area contributed by atoms with E-state index in [1.165, 1.54) is 0 Å². The minimum Gasteiger partial charge on any atom is -0.389 e. The minimum atomic E-state index is -0.465. The number of nitrogens with one attached hydrogen (secondary N) is 1. The molecule has 2 unspecified atom stereocenters. The third-order valence-corrected chi connectivity index (χ3v) is 3.12. The average Bonchev–Trinajstić information content (AvgIpc) is 2.41. The first-order valence-electron chi connectivity index (χ1n) is 7.82. The predicted octanol–water partition coefficient (Wildman–Crippen LogP) is 1.11. The van der Waals surface area contributed by atoms with Crippen LogP contribution in [-0.4, -0.2) is 74.3 Å². The molecule has 0 amide bonds. The number of ether oxygens (including phenoxy) is 2. The van der Waals surface area contributed by atoms with Crippen molar-refractivity contribution in [2.24, 2.45) is 0 Å². The molecule has 5 nitrogen and oxygen atoms in total. The topological polar surface area (TPSA) is 54.0 Å². The fraction of sp³-hybridized carbons (Fsp3) is 1.00. The van der Waals surface area contributed by atoms with E-state index in [4.69, 9.17) is 9.47 Å². The van der Waals surface area contributed by atoms with E-state index in [9.17, 15) is 5.11 Å². The van der Waals surface area contributed by atoms with Crippen LogP contribution in [0.2, 0.25) is 0 Å². The summed E-state index contributed by atoms with van der Waals surface area (Å²) in [5, 5.41) is 13.2. The number of rotatable bonds is 13. The Morgan fingerprint density at radius 1 is 1.10 bits per heavy atom. The van der Waals surface area contributed by atoms with Crippen molar-refractivity contribution in [2.45, 2.75) is 52.9 Å². The first-order chi connectivity index (χ1) is 9.49. The van der Waals surface area contributed by atoms with Gasteiger partial charge in [-0.3, -0.25) is 0 Å². The van der Waals surface area contributed by atoms with Gasteiger partial charge in [-0.05, 0) is 33.9 Å². The van der Waals surface area contributed by atoms with Crippen LogP contribution in [0.1, 0.15) is 34.6 Å². The minimum absolute atomic E-state index is 0.228. The summed E-state index contributed by atoms with van der Waals surface area (Å²) in [6.07, 6.45) is -0.237. The molecule has 20 heavy (non-hydrogen) atoms. The predicted molar refractivity (Wildman–Crippen MR) is 83.2 cm³/mol. The highest BCUT2D eigenvalue weighted by Gasteiger charge is 2.09. The van der Waals surface area contributed by atoms with Gasteiger partial charge in [-0.15, -0.1) is 0 Å². The molecule has 0 fully saturated rings. The smallest absolute Gasteiger partial charge is 0.0897 e. The van der Waals surface area contributed by atoms with Crippen molar-refractivity contribution < 1.29 is 14.6 Å². The number of aliphatic hydroxyl groups is 1. The number of likely N-dealkylation sites (N-methyl/N-ethyl adjacent to an activating group) is 1. The lowest BCUT2D eigenvalue weighted by molar-refractivity contribution is -0.0105. The first kappa shape index (κ1) is 19.8. The van der Waals surface area contributed by atoms with Gasteiger partial charge in [0.25, 0.3) is 0 Å². The molecular formula is C15H34N2O3. The van der Waals surface area contributed by atoms with Gasteiger partial charge in [0.2, 0.25) is 0 Å². The van der Waals surface area contributed by atoms with Crippen LogP contribution in [0.15, 0.2) is 0 Å². The zero-order valence-electron chi connectivity index (χ0n) is 13.9. The molecule has 5 heteroatoms. The summed E-state index contributed by atoms with van der Waals surface area (Å²) in [4.78, 5) is 2.36. The quantitative estimate of drug-likeness (QED) is 0.498. The van der Waals surface area contributed by atoms with Gasteiger partial charge in [0.05, 0.1) is 32.0 Å². The molecule has 2 N–H and O–H groups in total. The van der Waals surface area contributed by atoms with Gasteiger partial charge in [-0.2, -0.15) is 0 Å². The van der Waals surface area contributed by atoms with Crippen molar-refractivity contribution >= 4 is 0 Å². The molecule has 0 saturated carbocycles. The van der Waals surface area contributed by atoms with E-state index < -0.39 is 6.10 Å². The van der Waals surface area contributed by atoms with Gasteiger partial charge in [0.15, 0.2) is 0 Å². The van der Waals surface area contributed by atoms with E-state index in [0.717, 1.165) is 19.6 Å². The van der Waals surface area contributed by atoms with Crippen molar-refractivity contribution in [3.05, 3.63) is 0 Å². The molecule has 0 bridgehead atoms. The Hall–Kier alpha value is -0.200. The van der Waals surface area contributed by atoms with Gasteiger partial charge < -0.3 is 24.8 Å². The van der Waals surface area contributed by atoms with E-state index in [2.05, 4.69) is 31.0 Å². The van der Waals surface area contributed by atoms with Crippen LogP contribution in [0.3, 0.4) is 0 Å². The molecule has 0 aromatic rings. The second-order valence-corrected chi connectivity index (χ2v) is 5.44. The number of hydrogen-bond acceptors (Lipinski definition) is 5. The van der Waals surface area contributed by atoms with Crippen molar-refractivity contribution in [3.63, 3.8) is 0 Å². The van der Waals surface area contributed by atoms with Crippen LogP contribution in [-0.2, 0) is 9.47 Å². The summed E-state index contributed by atoms with van der Waals surface area (Å²) in [6.45, 7) is 15.6. The number of hydrogen-bond donors (Lipinski definition) is 2. The maximum atomic E-state index is 9.81. The molecule has 2 atom stereocenters. The molecule has 0 radical (unpaired) electrons. The summed E-state index contributed by atoms with van der Waals surface area (Å²) in [5.41, 5.74) is 0. The lowest BCUT2D eigenvalue weighted by Gasteiger charge is -2.24. The van der Waals surface area contributed by atoms with Crippen molar-refractivity contribution in [1.29, 1.82) is 0 Å². The lowest BCUT2D eigenvalue weighted by Crippen LogP contribution is -2.43. The monoisotopic (exact) mass is 290 g/mol. The molecule has 0 aliphatic rings. The van der Waals surface area contributed by atoms with Gasteiger partial charge in [0, 0.05) is 19.1 Å². The van der Waals surface area contributed by atoms with E-state index in [0.29, 0.717) is 32.4 Å². The largest absolute Gasteiger partial charge is 0.389 e.